The number of hydrogen-bond donors (Lipinski definition) is 1. The zero-order valence-corrected chi connectivity index (χ0v) is 10.1. The zero-order valence-electron chi connectivity index (χ0n) is 10.1. The maximum Gasteiger partial charge on any atom is 0.310 e. The van der Waals surface area contributed by atoms with E-state index < -0.39 is 0 Å². The van der Waals surface area contributed by atoms with E-state index in [1.165, 1.54) is 0 Å². The Bertz CT molecular complexity index is 352. The van der Waals surface area contributed by atoms with Gasteiger partial charge in [0.15, 0.2) is 0 Å². The van der Waals surface area contributed by atoms with E-state index in [2.05, 4.69) is 0 Å². The lowest BCUT2D eigenvalue weighted by Gasteiger charge is -2.05. The highest BCUT2D eigenvalue weighted by Crippen LogP contribution is 2.07. The molecule has 0 bridgehead atoms. The van der Waals surface area contributed by atoms with Gasteiger partial charge in [0.25, 0.3) is 0 Å². The number of hydrogen-bond acceptors (Lipinski definition) is 4. The van der Waals surface area contributed by atoms with Crippen molar-refractivity contribution in [1.82, 2.24) is 0 Å². The molecule has 0 aliphatic carbocycles. The van der Waals surface area contributed by atoms with Gasteiger partial charge in [-0.05, 0) is 30.5 Å². The molecule has 94 valence electrons. The van der Waals surface area contributed by atoms with Crippen molar-refractivity contribution in [2.75, 3.05) is 26.1 Å². The van der Waals surface area contributed by atoms with Crippen molar-refractivity contribution in [3.63, 3.8) is 0 Å². The van der Waals surface area contributed by atoms with Crippen molar-refractivity contribution in [2.24, 2.45) is 0 Å². The molecule has 0 aromatic heterocycles. The van der Waals surface area contributed by atoms with Crippen LogP contribution in [0.2, 0.25) is 0 Å². The van der Waals surface area contributed by atoms with Gasteiger partial charge in [-0.25, -0.2) is 0 Å². The summed E-state index contributed by atoms with van der Waals surface area (Å²) in [5.74, 6) is -0.215. The van der Waals surface area contributed by atoms with Gasteiger partial charge in [-0.2, -0.15) is 0 Å². The summed E-state index contributed by atoms with van der Waals surface area (Å²) < 4.78 is 10.0. The molecule has 4 heteroatoms. The number of esters is 1. The Morgan fingerprint density at radius 1 is 1.29 bits per heavy atom. The summed E-state index contributed by atoms with van der Waals surface area (Å²) in [5, 5.41) is 0. The third-order valence-corrected chi connectivity index (χ3v) is 2.31. The summed E-state index contributed by atoms with van der Waals surface area (Å²) in [6.07, 6.45) is 2.01. The predicted molar refractivity (Wildman–Crippen MR) is 66.6 cm³/mol. The molecule has 4 nitrogen and oxygen atoms in total. The molecule has 0 radical (unpaired) electrons. The van der Waals surface area contributed by atoms with E-state index in [1.807, 2.05) is 12.1 Å². The number of nitrogens with two attached hydrogens (primary N) is 1. The van der Waals surface area contributed by atoms with Crippen LogP contribution in [0, 0.1) is 0 Å². The Kier molecular flexibility index (Phi) is 6.10. The molecule has 2 N–H and O–H groups in total. The first-order valence-electron chi connectivity index (χ1n) is 5.71. The fraction of sp³-hybridized carbons (Fsp3) is 0.462. The summed E-state index contributed by atoms with van der Waals surface area (Å²) in [6.45, 7) is 1.15. The minimum absolute atomic E-state index is 0.215. The number of carbonyl (C=O) groups is 1. The molecule has 1 rings (SSSR count). The Labute approximate surface area is 102 Å². The predicted octanol–water partition coefficient (Wildman–Crippen LogP) is 1.78. The minimum atomic E-state index is -0.215. The summed E-state index contributed by atoms with van der Waals surface area (Å²) >= 11 is 0. The third kappa shape index (κ3) is 5.92. The first-order chi connectivity index (χ1) is 8.22. The van der Waals surface area contributed by atoms with Gasteiger partial charge >= 0.3 is 5.97 Å². The van der Waals surface area contributed by atoms with E-state index in [1.54, 1.807) is 19.2 Å². The van der Waals surface area contributed by atoms with Crippen molar-refractivity contribution in [1.29, 1.82) is 0 Å². The number of unbranched alkanes of at least 4 members (excludes halogenated alkanes) is 1. The Morgan fingerprint density at radius 3 is 2.76 bits per heavy atom. The number of nitrogen functional groups attached to an aromatic ring is 1. The topological polar surface area (TPSA) is 61.5 Å². The maximum absolute atomic E-state index is 11.5. The van der Waals surface area contributed by atoms with Crippen LogP contribution in [0.3, 0.4) is 0 Å². The number of ether oxygens (including phenoxy) is 2. The summed E-state index contributed by atoms with van der Waals surface area (Å²) in [5.41, 5.74) is 7.17. The average molecular weight is 237 g/mol. The van der Waals surface area contributed by atoms with Crippen LogP contribution in [0.5, 0.6) is 0 Å². The highest BCUT2D eigenvalue weighted by atomic mass is 16.5. The Hall–Kier alpha value is -1.55. The van der Waals surface area contributed by atoms with E-state index in [-0.39, 0.29) is 12.4 Å². The molecule has 17 heavy (non-hydrogen) atoms. The molecule has 0 saturated carbocycles. The maximum atomic E-state index is 11.5. The van der Waals surface area contributed by atoms with Gasteiger partial charge in [0, 0.05) is 19.4 Å². The van der Waals surface area contributed by atoms with E-state index in [0.29, 0.717) is 18.9 Å². The van der Waals surface area contributed by atoms with Crippen LogP contribution in [0.1, 0.15) is 18.4 Å². The number of anilines is 1. The minimum Gasteiger partial charge on any atom is -0.465 e. The molecular formula is C13H19NO3. The summed E-state index contributed by atoms with van der Waals surface area (Å²) in [6, 6.07) is 7.27. The average Bonchev–Trinajstić information content (AvgIpc) is 2.29. The van der Waals surface area contributed by atoms with Crippen molar-refractivity contribution >= 4 is 11.7 Å². The van der Waals surface area contributed by atoms with Gasteiger partial charge in [0.1, 0.15) is 0 Å². The van der Waals surface area contributed by atoms with E-state index in [4.69, 9.17) is 15.2 Å². The quantitative estimate of drug-likeness (QED) is 0.446. The SMILES string of the molecule is COCCCCOC(=O)Cc1cccc(N)c1. The van der Waals surface area contributed by atoms with Crippen LogP contribution in [0.25, 0.3) is 0 Å². The molecule has 0 heterocycles. The van der Waals surface area contributed by atoms with Crippen LogP contribution >= 0.6 is 0 Å². The van der Waals surface area contributed by atoms with Crippen LogP contribution in [-0.4, -0.2) is 26.3 Å². The number of rotatable bonds is 7. The van der Waals surface area contributed by atoms with Crippen LogP contribution in [0.4, 0.5) is 5.69 Å². The molecule has 1 aromatic rings. The van der Waals surface area contributed by atoms with Gasteiger partial charge in [-0.15, -0.1) is 0 Å². The number of carbonyl (C=O) groups excluding carboxylic acids is 1. The normalized spacial score (nSPS) is 10.2. The second-order valence-corrected chi connectivity index (χ2v) is 3.84. The second kappa shape index (κ2) is 7.68. The summed E-state index contributed by atoms with van der Waals surface area (Å²) in [4.78, 5) is 11.5. The Morgan fingerprint density at radius 2 is 2.06 bits per heavy atom. The van der Waals surface area contributed by atoms with Crippen LogP contribution in [0.15, 0.2) is 24.3 Å². The fourth-order valence-corrected chi connectivity index (χ4v) is 1.46. The van der Waals surface area contributed by atoms with Gasteiger partial charge in [-0.3, -0.25) is 4.79 Å². The highest BCUT2D eigenvalue weighted by Gasteiger charge is 2.04. The molecule has 0 saturated heterocycles. The molecule has 0 aliphatic heterocycles. The molecule has 0 spiro atoms. The first-order valence-corrected chi connectivity index (χ1v) is 5.71. The van der Waals surface area contributed by atoms with Gasteiger partial charge in [-0.1, -0.05) is 12.1 Å². The lowest BCUT2D eigenvalue weighted by atomic mass is 10.1. The largest absolute Gasteiger partial charge is 0.465 e. The number of methoxy groups -OCH3 is 1. The molecule has 0 amide bonds. The molecular weight excluding hydrogens is 218 g/mol. The lowest BCUT2D eigenvalue weighted by Crippen LogP contribution is -2.09. The van der Waals surface area contributed by atoms with E-state index in [9.17, 15) is 4.79 Å². The van der Waals surface area contributed by atoms with Gasteiger partial charge < -0.3 is 15.2 Å². The third-order valence-electron chi connectivity index (χ3n) is 2.31. The molecule has 0 atom stereocenters. The smallest absolute Gasteiger partial charge is 0.310 e. The molecule has 0 unspecified atom stereocenters. The molecule has 0 aliphatic rings. The van der Waals surface area contributed by atoms with Crippen molar-refractivity contribution in [3.8, 4) is 0 Å². The highest BCUT2D eigenvalue weighted by molar-refractivity contribution is 5.72. The van der Waals surface area contributed by atoms with E-state index in [0.717, 1.165) is 18.4 Å². The standard InChI is InChI=1S/C13H19NO3/c1-16-7-2-3-8-17-13(15)10-11-5-4-6-12(14)9-11/h4-6,9H,2-3,7-8,10,14H2,1H3. The van der Waals surface area contributed by atoms with E-state index >= 15 is 0 Å². The fourth-order valence-electron chi connectivity index (χ4n) is 1.46. The summed E-state index contributed by atoms with van der Waals surface area (Å²) in [7, 11) is 1.66. The van der Waals surface area contributed by atoms with Gasteiger partial charge in [0.2, 0.25) is 0 Å². The van der Waals surface area contributed by atoms with Gasteiger partial charge in [0.05, 0.1) is 13.0 Å². The van der Waals surface area contributed by atoms with Crippen molar-refractivity contribution in [2.45, 2.75) is 19.3 Å². The van der Waals surface area contributed by atoms with Crippen molar-refractivity contribution < 1.29 is 14.3 Å². The van der Waals surface area contributed by atoms with Crippen molar-refractivity contribution in [3.05, 3.63) is 29.8 Å². The van der Waals surface area contributed by atoms with Crippen LogP contribution in [-0.2, 0) is 20.7 Å². The molecule has 1 aromatic carbocycles. The first kappa shape index (κ1) is 13.5. The van der Waals surface area contributed by atoms with Crippen LogP contribution < -0.4 is 5.73 Å². The lowest BCUT2D eigenvalue weighted by molar-refractivity contribution is -0.143. The number of benzene rings is 1. The zero-order chi connectivity index (χ0) is 12.5. The second-order valence-electron chi connectivity index (χ2n) is 3.84. The Balaban J connectivity index is 2.21. The monoisotopic (exact) mass is 237 g/mol. The molecule has 0 fully saturated rings.